The molecular formula is C81H157NO5. The van der Waals surface area contributed by atoms with Crippen molar-refractivity contribution in [3.8, 4) is 0 Å². The number of unbranched alkanes of at least 4 members (excludes halogenated alkanes) is 63. The van der Waals surface area contributed by atoms with Gasteiger partial charge in [0.15, 0.2) is 0 Å². The van der Waals surface area contributed by atoms with Crippen LogP contribution in [0.3, 0.4) is 0 Å². The summed E-state index contributed by atoms with van der Waals surface area (Å²) >= 11 is 0. The lowest BCUT2D eigenvalue weighted by Gasteiger charge is -2.20. The van der Waals surface area contributed by atoms with Gasteiger partial charge < -0.3 is 20.3 Å². The number of nitrogens with one attached hydrogen (secondary N) is 1. The SMILES string of the molecule is CCCCC/C=C\CCCCCCCC(=O)OCCCCCCCCCCCCCCCCCCCCCCCCCCCCCCCCCCCCCCCC(=O)NC(CO)C(O)/C=C/CCCCCCCCCCCCCCCCCCCCC. The number of carbonyl (C=O) groups excluding carboxylic acids is 2. The molecule has 0 aromatic heterocycles. The molecule has 0 aliphatic heterocycles. The summed E-state index contributed by atoms with van der Waals surface area (Å²) in [6.07, 6.45) is 98.9. The molecule has 0 saturated carbocycles. The molecule has 0 radical (unpaired) electrons. The van der Waals surface area contributed by atoms with Crippen molar-refractivity contribution in [1.82, 2.24) is 5.32 Å². The van der Waals surface area contributed by atoms with Gasteiger partial charge in [-0.05, 0) is 57.8 Å². The molecule has 87 heavy (non-hydrogen) atoms. The molecule has 1 amide bonds. The van der Waals surface area contributed by atoms with Crippen LogP contribution in [0.15, 0.2) is 24.3 Å². The fourth-order valence-corrected chi connectivity index (χ4v) is 12.9. The average Bonchev–Trinajstić information content (AvgIpc) is 3.52. The highest BCUT2D eigenvalue weighted by Crippen LogP contribution is 2.20. The van der Waals surface area contributed by atoms with E-state index in [1.807, 2.05) is 6.08 Å². The normalized spacial score (nSPS) is 12.6. The minimum absolute atomic E-state index is 0.0138. The summed E-state index contributed by atoms with van der Waals surface area (Å²) < 4.78 is 5.48. The molecule has 0 saturated heterocycles. The highest BCUT2D eigenvalue weighted by molar-refractivity contribution is 5.76. The van der Waals surface area contributed by atoms with Crippen LogP contribution < -0.4 is 5.32 Å². The first kappa shape index (κ1) is 85.3. The number of hydrogen-bond acceptors (Lipinski definition) is 5. The van der Waals surface area contributed by atoms with Crippen molar-refractivity contribution in [2.75, 3.05) is 13.2 Å². The molecule has 2 unspecified atom stereocenters. The monoisotopic (exact) mass is 1220 g/mol. The summed E-state index contributed by atoms with van der Waals surface area (Å²) in [7, 11) is 0. The number of amides is 1. The van der Waals surface area contributed by atoms with E-state index in [1.54, 1.807) is 6.08 Å². The van der Waals surface area contributed by atoms with Gasteiger partial charge in [-0.1, -0.05) is 411 Å². The van der Waals surface area contributed by atoms with E-state index in [2.05, 4.69) is 31.3 Å². The topological polar surface area (TPSA) is 95.9 Å². The Kier molecular flexibility index (Phi) is 75.3. The highest BCUT2D eigenvalue weighted by atomic mass is 16.5. The Balaban J connectivity index is 3.33. The lowest BCUT2D eigenvalue weighted by Crippen LogP contribution is -2.45. The number of rotatable bonds is 76. The maximum absolute atomic E-state index is 12.5. The van der Waals surface area contributed by atoms with Crippen LogP contribution in [0.1, 0.15) is 457 Å². The fraction of sp³-hybridized carbons (Fsp3) is 0.926. The van der Waals surface area contributed by atoms with Gasteiger partial charge in [0.05, 0.1) is 25.4 Å². The average molecular weight is 1230 g/mol. The van der Waals surface area contributed by atoms with E-state index in [9.17, 15) is 19.8 Å². The molecule has 0 heterocycles. The van der Waals surface area contributed by atoms with E-state index in [0.717, 1.165) is 44.9 Å². The van der Waals surface area contributed by atoms with E-state index in [-0.39, 0.29) is 18.5 Å². The Labute approximate surface area is 545 Å². The number of aliphatic hydroxyl groups excluding tert-OH is 2. The van der Waals surface area contributed by atoms with Crippen LogP contribution in [0.2, 0.25) is 0 Å². The zero-order valence-corrected chi connectivity index (χ0v) is 59.3. The summed E-state index contributed by atoms with van der Waals surface area (Å²) in [4.78, 5) is 24.6. The lowest BCUT2D eigenvalue weighted by atomic mass is 10.0. The van der Waals surface area contributed by atoms with Crippen LogP contribution in [0.25, 0.3) is 0 Å². The highest BCUT2D eigenvalue weighted by Gasteiger charge is 2.18. The molecule has 2 atom stereocenters. The lowest BCUT2D eigenvalue weighted by molar-refractivity contribution is -0.143. The second-order valence-electron chi connectivity index (χ2n) is 27.8. The molecule has 0 aliphatic rings. The zero-order chi connectivity index (χ0) is 62.8. The van der Waals surface area contributed by atoms with E-state index < -0.39 is 12.1 Å². The van der Waals surface area contributed by atoms with Crippen LogP contribution in [0, 0.1) is 0 Å². The van der Waals surface area contributed by atoms with E-state index in [4.69, 9.17) is 4.74 Å². The molecule has 0 aromatic rings. The van der Waals surface area contributed by atoms with Gasteiger partial charge in [-0.2, -0.15) is 0 Å². The van der Waals surface area contributed by atoms with E-state index in [0.29, 0.717) is 19.4 Å². The zero-order valence-electron chi connectivity index (χ0n) is 59.3. The minimum atomic E-state index is -0.841. The Hall–Kier alpha value is -1.66. The maximum Gasteiger partial charge on any atom is 0.305 e. The molecule has 3 N–H and O–H groups in total. The van der Waals surface area contributed by atoms with Crippen molar-refractivity contribution < 1.29 is 24.5 Å². The summed E-state index contributed by atoms with van der Waals surface area (Å²) in [5, 5.41) is 23.3. The summed E-state index contributed by atoms with van der Waals surface area (Å²) in [5.41, 5.74) is 0. The number of allylic oxidation sites excluding steroid dienone is 3. The first-order valence-electron chi connectivity index (χ1n) is 40.1. The third-order valence-corrected chi connectivity index (χ3v) is 19.0. The number of esters is 1. The van der Waals surface area contributed by atoms with Crippen molar-refractivity contribution in [1.29, 1.82) is 0 Å². The Morgan fingerprint density at radius 2 is 0.540 bits per heavy atom. The fourth-order valence-electron chi connectivity index (χ4n) is 12.9. The van der Waals surface area contributed by atoms with Gasteiger partial charge in [0.2, 0.25) is 5.91 Å². The van der Waals surface area contributed by atoms with Crippen LogP contribution in [-0.4, -0.2) is 47.4 Å². The second kappa shape index (κ2) is 76.8. The summed E-state index contributed by atoms with van der Waals surface area (Å²) in [6, 6.07) is -0.624. The Bertz CT molecular complexity index is 1360. The Morgan fingerprint density at radius 3 is 0.839 bits per heavy atom. The maximum atomic E-state index is 12.5. The van der Waals surface area contributed by atoms with Crippen molar-refractivity contribution in [3.63, 3.8) is 0 Å². The largest absolute Gasteiger partial charge is 0.466 e. The number of carbonyl (C=O) groups is 2. The van der Waals surface area contributed by atoms with Gasteiger partial charge in [-0.15, -0.1) is 0 Å². The van der Waals surface area contributed by atoms with Gasteiger partial charge >= 0.3 is 5.97 Å². The molecule has 0 aromatic carbocycles. The molecule has 0 spiro atoms. The van der Waals surface area contributed by atoms with Gasteiger partial charge in [-0.25, -0.2) is 0 Å². The van der Waals surface area contributed by atoms with Gasteiger partial charge in [0.1, 0.15) is 0 Å². The number of hydrogen-bond donors (Lipinski definition) is 3. The molecule has 0 bridgehead atoms. The van der Waals surface area contributed by atoms with Gasteiger partial charge in [0.25, 0.3) is 0 Å². The third-order valence-electron chi connectivity index (χ3n) is 19.0. The summed E-state index contributed by atoms with van der Waals surface area (Å²) in [6.45, 7) is 4.93. The van der Waals surface area contributed by atoms with Crippen LogP contribution in [-0.2, 0) is 14.3 Å². The number of ether oxygens (including phenoxy) is 1. The molecule has 6 heteroatoms. The molecule has 0 rings (SSSR count). The quantitative estimate of drug-likeness (QED) is 0.0320. The molecular weight excluding hydrogens is 1070 g/mol. The van der Waals surface area contributed by atoms with E-state index in [1.165, 1.54) is 385 Å². The van der Waals surface area contributed by atoms with Crippen molar-refractivity contribution >= 4 is 11.9 Å². The number of aliphatic hydroxyl groups is 2. The summed E-state index contributed by atoms with van der Waals surface area (Å²) in [5.74, 6) is -0.0435. The second-order valence-corrected chi connectivity index (χ2v) is 27.8. The van der Waals surface area contributed by atoms with Crippen molar-refractivity contribution in [3.05, 3.63) is 24.3 Å². The van der Waals surface area contributed by atoms with Crippen LogP contribution in [0.4, 0.5) is 0 Å². The van der Waals surface area contributed by atoms with Crippen LogP contribution >= 0.6 is 0 Å². The molecule has 6 nitrogen and oxygen atoms in total. The van der Waals surface area contributed by atoms with E-state index >= 15 is 0 Å². The predicted molar refractivity (Wildman–Crippen MR) is 384 cm³/mol. The van der Waals surface area contributed by atoms with Gasteiger partial charge in [0, 0.05) is 12.8 Å². The Morgan fingerprint density at radius 1 is 0.310 bits per heavy atom. The first-order valence-corrected chi connectivity index (χ1v) is 40.1. The smallest absolute Gasteiger partial charge is 0.305 e. The van der Waals surface area contributed by atoms with Crippen molar-refractivity contribution in [2.45, 2.75) is 469 Å². The van der Waals surface area contributed by atoms with Gasteiger partial charge in [-0.3, -0.25) is 9.59 Å². The minimum Gasteiger partial charge on any atom is -0.466 e. The predicted octanol–water partition coefficient (Wildman–Crippen LogP) is 26.4. The molecule has 0 aliphatic carbocycles. The molecule has 0 fully saturated rings. The van der Waals surface area contributed by atoms with Crippen LogP contribution in [0.5, 0.6) is 0 Å². The third kappa shape index (κ3) is 73.3. The standard InChI is InChI=1S/C81H157NO5/c1-3-5-7-9-11-13-15-17-18-19-20-38-41-44-47-50-53-57-61-65-69-73-79(84)78(77-83)82-80(85)74-70-66-62-58-54-51-48-45-42-39-36-34-32-30-28-26-24-22-21-23-25-27-29-31-33-35-37-40-43-46-49-52-56-60-64-68-72-76-87-81(86)75-71-67-63-59-55-16-14-12-10-8-6-4-2/h12,14,69,73,78-79,83-84H,3-11,13,15-68,70-72,74-77H2,1-2H3,(H,82,85)/b14-12-,73-69+. The first-order chi connectivity index (χ1) is 43.0. The molecule has 516 valence electrons. The van der Waals surface area contributed by atoms with Crippen molar-refractivity contribution in [2.24, 2.45) is 0 Å².